The Morgan fingerprint density at radius 1 is 1.17 bits per heavy atom. The van der Waals surface area contributed by atoms with Crippen molar-refractivity contribution < 1.29 is 9.32 Å². The molecule has 0 saturated heterocycles. The van der Waals surface area contributed by atoms with Crippen molar-refractivity contribution in [3.05, 3.63) is 91.6 Å². The fourth-order valence-electron chi connectivity index (χ4n) is 4.28. The van der Waals surface area contributed by atoms with Gasteiger partial charge >= 0.3 is 0 Å². The number of rotatable bonds is 9. The molecule has 0 radical (unpaired) electrons. The lowest BCUT2D eigenvalue weighted by atomic mass is 10.1. The molecule has 1 amide bonds. The number of aromatic nitrogens is 3. The zero-order valence-electron chi connectivity index (χ0n) is 20.1. The lowest BCUT2D eigenvalue weighted by molar-refractivity contribution is 0.0655. The van der Waals surface area contributed by atoms with Crippen molar-refractivity contribution in [1.29, 1.82) is 0 Å². The topological polar surface area (TPSA) is 107 Å². The summed E-state index contributed by atoms with van der Waals surface area (Å²) in [6.45, 7) is 4.63. The first-order chi connectivity index (χ1) is 17.4. The third kappa shape index (κ3) is 5.02. The van der Waals surface area contributed by atoms with Crippen LogP contribution in [-0.4, -0.2) is 38.6 Å². The Labute approximate surface area is 218 Å². The normalized spacial score (nSPS) is 12.1. The molecule has 10 heteroatoms. The molecule has 4 aromatic rings. The molecule has 1 atom stereocenters. The van der Waals surface area contributed by atoms with Crippen molar-refractivity contribution in [2.75, 3.05) is 13.1 Å². The third-order valence-electron chi connectivity index (χ3n) is 6.09. The van der Waals surface area contributed by atoms with Crippen LogP contribution in [0.15, 0.2) is 57.8 Å². The van der Waals surface area contributed by atoms with E-state index in [9.17, 15) is 9.59 Å². The molecule has 2 aromatic heterocycles. The van der Waals surface area contributed by atoms with E-state index < -0.39 is 6.04 Å². The Balaban J connectivity index is 1.89. The molecule has 0 spiro atoms. The minimum absolute atomic E-state index is 0.141. The number of halogens is 2. The molecule has 0 fully saturated rings. The first kappa shape index (κ1) is 25.9. The Morgan fingerprint density at radius 2 is 1.92 bits per heavy atom. The molecule has 2 aromatic carbocycles. The van der Waals surface area contributed by atoms with Crippen LogP contribution in [0.25, 0.3) is 11.1 Å². The monoisotopic (exact) mass is 527 g/mol. The van der Waals surface area contributed by atoms with E-state index in [1.807, 2.05) is 37.3 Å². The molecule has 188 valence electrons. The van der Waals surface area contributed by atoms with Crippen LogP contribution in [0.3, 0.4) is 0 Å². The van der Waals surface area contributed by atoms with Gasteiger partial charge in [0.15, 0.2) is 0 Å². The summed E-state index contributed by atoms with van der Waals surface area (Å²) >= 11 is 12.6. The van der Waals surface area contributed by atoms with Gasteiger partial charge in [0, 0.05) is 6.54 Å². The van der Waals surface area contributed by atoms with E-state index in [-0.39, 0.29) is 39.3 Å². The smallest absolute Gasteiger partial charge is 0.267 e. The summed E-state index contributed by atoms with van der Waals surface area (Å²) in [4.78, 5) is 33.9. The van der Waals surface area contributed by atoms with Gasteiger partial charge in [0.05, 0.1) is 33.9 Å². The summed E-state index contributed by atoms with van der Waals surface area (Å²) in [5.74, 6) is 0.0793. The molecular formula is C26H27Cl2N5O3. The Hall–Kier alpha value is -3.20. The van der Waals surface area contributed by atoms with Crippen LogP contribution in [0, 0.1) is 6.92 Å². The van der Waals surface area contributed by atoms with Crippen molar-refractivity contribution >= 4 is 40.2 Å². The van der Waals surface area contributed by atoms with E-state index in [4.69, 9.17) is 38.4 Å². The van der Waals surface area contributed by atoms with Crippen molar-refractivity contribution in [2.24, 2.45) is 5.73 Å². The number of amides is 1. The van der Waals surface area contributed by atoms with E-state index >= 15 is 0 Å². The minimum atomic E-state index is -0.565. The molecule has 8 nitrogen and oxygen atoms in total. The van der Waals surface area contributed by atoms with Crippen LogP contribution in [0.1, 0.15) is 53.2 Å². The van der Waals surface area contributed by atoms with Gasteiger partial charge < -0.3 is 15.2 Å². The van der Waals surface area contributed by atoms with Crippen LogP contribution < -0.4 is 11.3 Å². The van der Waals surface area contributed by atoms with Crippen molar-refractivity contribution in [2.45, 2.75) is 39.3 Å². The summed E-state index contributed by atoms with van der Waals surface area (Å²) in [5, 5.41) is 4.73. The van der Waals surface area contributed by atoms with E-state index in [1.165, 1.54) is 0 Å². The second-order valence-corrected chi connectivity index (χ2v) is 9.25. The SMILES string of the molecule is CCC(c1nc2onc(C)c2c(=O)n1Cc1ccccc1)N(CCCN)C(=O)c1cccc(Cl)c1Cl. The molecular weight excluding hydrogens is 501 g/mol. The highest BCUT2D eigenvalue weighted by molar-refractivity contribution is 6.43. The van der Waals surface area contributed by atoms with Gasteiger partial charge in [-0.3, -0.25) is 14.2 Å². The van der Waals surface area contributed by atoms with Gasteiger partial charge in [-0.2, -0.15) is 4.98 Å². The van der Waals surface area contributed by atoms with Crippen molar-refractivity contribution in [3.63, 3.8) is 0 Å². The molecule has 0 aliphatic rings. The van der Waals surface area contributed by atoms with Crippen LogP contribution in [0.4, 0.5) is 0 Å². The maximum Gasteiger partial charge on any atom is 0.267 e. The summed E-state index contributed by atoms with van der Waals surface area (Å²) in [6.07, 6.45) is 1.03. The van der Waals surface area contributed by atoms with E-state index in [2.05, 4.69) is 5.16 Å². The maximum atomic E-state index is 13.8. The lowest BCUT2D eigenvalue weighted by Gasteiger charge is -2.32. The van der Waals surface area contributed by atoms with Gasteiger partial charge in [0.1, 0.15) is 11.2 Å². The average Bonchev–Trinajstić information content (AvgIpc) is 3.26. The number of hydrogen-bond acceptors (Lipinski definition) is 6. The number of fused-ring (bicyclic) bond motifs is 1. The van der Waals surface area contributed by atoms with Crippen LogP contribution in [-0.2, 0) is 6.54 Å². The fraction of sp³-hybridized carbons (Fsp3) is 0.308. The molecule has 0 aliphatic heterocycles. The molecule has 2 heterocycles. The quantitative estimate of drug-likeness (QED) is 0.328. The second kappa shape index (κ2) is 11.2. The number of nitrogens with zero attached hydrogens (tertiary/aromatic N) is 4. The highest BCUT2D eigenvalue weighted by atomic mass is 35.5. The van der Waals surface area contributed by atoms with Gasteiger partial charge in [0.2, 0.25) is 0 Å². The summed E-state index contributed by atoms with van der Waals surface area (Å²) < 4.78 is 6.97. The predicted molar refractivity (Wildman–Crippen MR) is 141 cm³/mol. The van der Waals surface area contributed by atoms with Crippen LogP contribution in [0.2, 0.25) is 10.0 Å². The van der Waals surface area contributed by atoms with Gasteiger partial charge in [-0.1, -0.05) is 71.7 Å². The summed E-state index contributed by atoms with van der Waals surface area (Å²) in [7, 11) is 0. The number of nitrogens with two attached hydrogens (primary N) is 1. The number of benzene rings is 2. The predicted octanol–water partition coefficient (Wildman–Crippen LogP) is 4.99. The number of carbonyl (C=O) groups excluding carboxylic acids is 1. The Bertz CT molecular complexity index is 1440. The number of aryl methyl sites for hydroxylation is 1. The minimum Gasteiger partial charge on any atom is -0.335 e. The highest BCUT2D eigenvalue weighted by Crippen LogP contribution is 2.31. The largest absolute Gasteiger partial charge is 0.335 e. The zero-order chi connectivity index (χ0) is 25.8. The first-order valence-electron chi connectivity index (χ1n) is 11.7. The second-order valence-electron chi connectivity index (χ2n) is 8.46. The number of hydrogen-bond donors (Lipinski definition) is 1. The standard InChI is InChI=1S/C26H27Cl2N5O3/c1-3-20(32(14-8-13-29)25(34)18-11-7-12-19(27)22(18)28)23-30-24-21(16(2)31-36-24)26(35)33(23)15-17-9-5-4-6-10-17/h4-7,9-12,20H,3,8,13-15,29H2,1-2H3. The number of carbonyl (C=O) groups is 1. The molecule has 0 bridgehead atoms. The van der Waals surface area contributed by atoms with Crippen molar-refractivity contribution in [3.8, 4) is 0 Å². The Kier molecular flexibility index (Phi) is 8.08. The zero-order valence-corrected chi connectivity index (χ0v) is 21.6. The van der Waals surface area contributed by atoms with Crippen LogP contribution in [0.5, 0.6) is 0 Å². The van der Waals surface area contributed by atoms with Gasteiger partial charge in [0.25, 0.3) is 17.2 Å². The van der Waals surface area contributed by atoms with Gasteiger partial charge in [-0.15, -0.1) is 0 Å². The summed E-state index contributed by atoms with van der Waals surface area (Å²) in [6, 6.07) is 14.0. The third-order valence-corrected chi connectivity index (χ3v) is 6.91. The van der Waals surface area contributed by atoms with Crippen molar-refractivity contribution in [1.82, 2.24) is 19.6 Å². The van der Waals surface area contributed by atoms with Gasteiger partial charge in [-0.05, 0) is 44.0 Å². The summed E-state index contributed by atoms with van der Waals surface area (Å²) in [5.41, 5.74) is 7.33. The van der Waals surface area contributed by atoms with Crippen LogP contribution >= 0.6 is 23.2 Å². The van der Waals surface area contributed by atoms with E-state index in [0.29, 0.717) is 42.8 Å². The average molecular weight is 528 g/mol. The van der Waals surface area contributed by atoms with E-state index in [1.54, 1.807) is 34.6 Å². The first-order valence-corrected chi connectivity index (χ1v) is 12.5. The molecule has 36 heavy (non-hydrogen) atoms. The maximum absolute atomic E-state index is 13.8. The van der Waals surface area contributed by atoms with E-state index in [0.717, 1.165) is 5.56 Å². The highest BCUT2D eigenvalue weighted by Gasteiger charge is 2.31. The van der Waals surface area contributed by atoms with Gasteiger partial charge in [-0.25, -0.2) is 0 Å². The molecule has 0 aliphatic carbocycles. The molecule has 4 rings (SSSR count). The lowest BCUT2D eigenvalue weighted by Crippen LogP contribution is -2.40. The molecule has 0 saturated carbocycles. The fourth-order valence-corrected chi connectivity index (χ4v) is 4.66. The Morgan fingerprint density at radius 3 is 2.61 bits per heavy atom. The molecule has 2 N–H and O–H groups in total. The molecule has 1 unspecified atom stereocenters.